The molecule has 0 saturated heterocycles. The van der Waals surface area contributed by atoms with Crippen LogP contribution in [-0.2, 0) is 4.79 Å². The molecule has 0 radical (unpaired) electrons. The summed E-state index contributed by atoms with van der Waals surface area (Å²) in [6.07, 6.45) is 5.21. The van der Waals surface area contributed by atoms with Crippen LogP contribution in [-0.4, -0.2) is 33.5 Å². The van der Waals surface area contributed by atoms with Crippen LogP contribution in [0.3, 0.4) is 0 Å². The highest BCUT2D eigenvalue weighted by atomic mass is 16.4. The average Bonchev–Trinajstić information content (AvgIpc) is 2.23. The third-order valence-electron chi connectivity index (χ3n) is 2.67. The molecule has 16 heavy (non-hydrogen) atoms. The lowest BCUT2D eigenvalue weighted by atomic mass is 10.0. The fourth-order valence-corrected chi connectivity index (χ4v) is 1.64. The van der Waals surface area contributed by atoms with Crippen LogP contribution in [0.4, 0.5) is 0 Å². The second-order valence-electron chi connectivity index (χ2n) is 4.30. The predicted molar refractivity (Wildman–Crippen MR) is 62.3 cm³/mol. The Hall–Kier alpha value is -0.610. The van der Waals surface area contributed by atoms with Crippen LogP contribution < -0.4 is 0 Å². The minimum atomic E-state index is -1.44. The van der Waals surface area contributed by atoms with Gasteiger partial charge in [-0.05, 0) is 6.42 Å². The van der Waals surface area contributed by atoms with Crippen molar-refractivity contribution in [2.24, 2.45) is 0 Å². The van der Waals surface area contributed by atoms with E-state index in [1.807, 2.05) is 0 Å². The Bertz CT molecular complexity index is 182. The van der Waals surface area contributed by atoms with Crippen molar-refractivity contribution >= 4 is 5.97 Å². The Labute approximate surface area is 97.3 Å². The summed E-state index contributed by atoms with van der Waals surface area (Å²) in [5.41, 5.74) is 0. The SMILES string of the molecule is CCCCCCCCC(O)CC(O)C(=O)O. The third-order valence-corrected chi connectivity index (χ3v) is 2.67. The molecule has 0 amide bonds. The number of aliphatic hydroxyl groups is 2. The van der Waals surface area contributed by atoms with Gasteiger partial charge in [-0.2, -0.15) is 0 Å². The van der Waals surface area contributed by atoms with Crippen LogP contribution in [0.1, 0.15) is 58.3 Å². The van der Waals surface area contributed by atoms with Gasteiger partial charge in [0.1, 0.15) is 0 Å². The molecule has 0 saturated carbocycles. The zero-order valence-corrected chi connectivity index (χ0v) is 10.1. The molecule has 0 aliphatic carbocycles. The van der Waals surface area contributed by atoms with Gasteiger partial charge in [0.15, 0.2) is 6.10 Å². The van der Waals surface area contributed by atoms with Crippen LogP contribution in [0.25, 0.3) is 0 Å². The zero-order chi connectivity index (χ0) is 12.4. The summed E-state index contributed by atoms with van der Waals surface area (Å²) < 4.78 is 0. The van der Waals surface area contributed by atoms with E-state index < -0.39 is 18.2 Å². The van der Waals surface area contributed by atoms with Gasteiger partial charge in [0.2, 0.25) is 0 Å². The predicted octanol–water partition coefficient (Wildman–Crippen LogP) is 1.93. The molecular weight excluding hydrogens is 208 g/mol. The van der Waals surface area contributed by atoms with E-state index in [0.717, 1.165) is 12.8 Å². The fourth-order valence-electron chi connectivity index (χ4n) is 1.64. The molecule has 4 heteroatoms. The molecule has 0 rings (SSSR count). The minimum absolute atomic E-state index is 0.0652. The molecule has 0 bridgehead atoms. The number of aliphatic hydroxyl groups excluding tert-OH is 2. The molecule has 0 fully saturated rings. The maximum atomic E-state index is 10.3. The lowest BCUT2D eigenvalue weighted by Gasteiger charge is -2.12. The van der Waals surface area contributed by atoms with Crippen molar-refractivity contribution in [3.05, 3.63) is 0 Å². The van der Waals surface area contributed by atoms with Crippen molar-refractivity contribution in [3.63, 3.8) is 0 Å². The van der Waals surface area contributed by atoms with Crippen molar-refractivity contribution in [2.75, 3.05) is 0 Å². The fraction of sp³-hybridized carbons (Fsp3) is 0.917. The lowest BCUT2D eigenvalue weighted by molar-refractivity contribution is -0.148. The summed E-state index contributed by atoms with van der Waals surface area (Å²) in [6.45, 7) is 2.16. The van der Waals surface area contributed by atoms with Gasteiger partial charge in [-0.3, -0.25) is 0 Å². The maximum absolute atomic E-state index is 10.3. The van der Waals surface area contributed by atoms with Crippen LogP contribution in [0.2, 0.25) is 0 Å². The summed E-state index contributed by atoms with van der Waals surface area (Å²) >= 11 is 0. The van der Waals surface area contributed by atoms with E-state index in [1.54, 1.807) is 0 Å². The Kier molecular flexibility index (Phi) is 9.24. The van der Waals surface area contributed by atoms with Crippen molar-refractivity contribution in [1.29, 1.82) is 0 Å². The van der Waals surface area contributed by atoms with Crippen molar-refractivity contribution < 1.29 is 20.1 Å². The molecule has 0 aliphatic heterocycles. The van der Waals surface area contributed by atoms with E-state index in [1.165, 1.54) is 25.7 Å². The van der Waals surface area contributed by atoms with E-state index in [-0.39, 0.29) is 6.42 Å². The summed E-state index contributed by atoms with van der Waals surface area (Å²) in [7, 11) is 0. The number of aliphatic carboxylic acids is 1. The number of unbranched alkanes of at least 4 members (excludes halogenated alkanes) is 5. The van der Waals surface area contributed by atoms with Crippen molar-refractivity contribution in [2.45, 2.75) is 70.5 Å². The highest BCUT2D eigenvalue weighted by Gasteiger charge is 2.17. The molecule has 4 nitrogen and oxygen atoms in total. The first-order valence-corrected chi connectivity index (χ1v) is 6.16. The van der Waals surface area contributed by atoms with Gasteiger partial charge in [0.05, 0.1) is 6.10 Å². The van der Waals surface area contributed by atoms with Gasteiger partial charge in [0, 0.05) is 6.42 Å². The Balaban J connectivity index is 3.36. The molecule has 0 aromatic rings. The summed E-state index contributed by atoms with van der Waals surface area (Å²) in [5.74, 6) is -1.26. The van der Waals surface area contributed by atoms with Crippen molar-refractivity contribution in [1.82, 2.24) is 0 Å². The average molecular weight is 232 g/mol. The first-order valence-electron chi connectivity index (χ1n) is 6.16. The van der Waals surface area contributed by atoms with Gasteiger partial charge in [0.25, 0.3) is 0 Å². The second-order valence-corrected chi connectivity index (χ2v) is 4.30. The summed E-state index contributed by atoms with van der Waals surface area (Å²) in [5, 5.41) is 26.9. The summed E-state index contributed by atoms with van der Waals surface area (Å²) in [6, 6.07) is 0. The number of hydrogen-bond acceptors (Lipinski definition) is 3. The number of rotatable bonds is 10. The van der Waals surface area contributed by atoms with Crippen LogP contribution in [0.15, 0.2) is 0 Å². The Morgan fingerprint density at radius 3 is 2.19 bits per heavy atom. The number of carboxylic acids is 1. The number of carboxylic acid groups (broad SMARTS) is 1. The highest BCUT2D eigenvalue weighted by molar-refractivity contribution is 5.71. The van der Waals surface area contributed by atoms with E-state index >= 15 is 0 Å². The van der Waals surface area contributed by atoms with Crippen LogP contribution >= 0.6 is 0 Å². The molecule has 0 aliphatic rings. The smallest absolute Gasteiger partial charge is 0.332 e. The molecule has 0 heterocycles. The van der Waals surface area contributed by atoms with Crippen LogP contribution in [0, 0.1) is 0 Å². The first-order chi connectivity index (χ1) is 7.57. The number of carbonyl (C=O) groups is 1. The largest absolute Gasteiger partial charge is 0.479 e. The van der Waals surface area contributed by atoms with E-state index in [0.29, 0.717) is 6.42 Å². The standard InChI is InChI=1S/C12H24O4/c1-2-3-4-5-6-7-8-10(13)9-11(14)12(15)16/h10-11,13-14H,2-9H2,1H3,(H,15,16). The normalized spacial score (nSPS) is 14.7. The first kappa shape index (κ1) is 15.4. The van der Waals surface area contributed by atoms with Gasteiger partial charge in [-0.1, -0.05) is 45.4 Å². The molecular formula is C12H24O4. The molecule has 0 aromatic carbocycles. The minimum Gasteiger partial charge on any atom is -0.479 e. The summed E-state index contributed by atoms with van der Waals surface area (Å²) in [4.78, 5) is 10.3. The van der Waals surface area contributed by atoms with Gasteiger partial charge < -0.3 is 15.3 Å². The molecule has 2 unspecified atom stereocenters. The quantitative estimate of drug-likeness (QED) is 0.503. The topological polar surface area (TPSA) is 77.8 Å². The molecule has 0 aromatic heterocycles. The van der Waals surface area contributed by atoms with Gasteiger partial charge in [-0.25, -0.2) is 4.79 Å². The molecule has 3 N–H and O–H groups in total. The second kappa shape index (κ2) is 9.60. The Morgan fingerprint density at radius 2 is 1.62 bits per heavy atom. The molecule has 0 spiro atoms. The van der Waals surface area contributed by atoms with Gasteiger partial charge >= 0.3 is 5.97 Å². The number of hydrogen-bond donors (Lipinski definition) is 3. The Morgan fingerprint density at radius 1 is 1.06 bits per heavy atom. The van der Waals surface area contributed by atoms with E-state index in [9.17, 15) is 9.90 Å². The van der Waals surface area contributed by atoms with E-state index in [4.69, 9.17) is 10.2 Å². The monoisotopic (exact) mass is 232 g/mol. The molecule has 2 atom stereocenters. The van der Waals surface area contributed by atoms with Gasteiger partial charge in [-0.15, -0.1) is 0 Å². The highest BCUT2D eigenvalue weighted by Crippen LogP contribution is 2.11. The van der Waals surface area contributed by atoms with Crippen LogP contribution in [0.5, 0.6) is 0 Å². The lowest BCUT2D eigenvalue weighted by Crippen LogP contribution is -2.25. The zero-order valence-electron chi connectivity index (χ0n) is 10.1. The van der Waals surface area contributed by atoms with E-state index in [2.05, 4.69) is 6.92 Å². The molecule has 96 valence electrons. The maximum Gasteiger partial charge on any atom is 0.332 e. The van der Waals surface area contributed by atoms with Crippen molar-refractivity contribution in [3.8, 4) is 0 Å². The third kappa shape index (κ3) is 8.68.